The monoisotopic (exact) mass is 657 g/mol. The first-order valence-electron chi connectivity index (χ1n) is 18.4. The minimum absolute atomic E-state index is 0.0859. The number of imide groups is 2. The van der Waals surface area contributed by atoms with Crippen LogP contribution in [-0.2, 0) is 23.8 Å². The van der Waals surface area contributed by atoms with E-state index in [1.165, 1.54) is 96.3 Å². The molecule has 10 heteroatoms. The Morgan fingerprint density at radius 3 is 1.79 bits per heavy atom. The van der Waals surface area contributed by atoms with Gasteiger partial charge in [-0.25, -0.2) is 0 Å². The van der Waals surface area contributed by atoms with Gasteiger partial charge in [0.25, 0.3) is 11.8 Å². The molecule has 0 aromatic heterocycles. The number of nitrogens with zero attached hydrogens (tertiary/aromatic N) is 1. The number of hydrogen-bond acceptors (Lipinski definition) is 8. The normalized spacial score (nSPS) is 16.2. The molecule has 2 aliphatic rings. The Bertz CT molecular complexity index is 1100. The topological polar surface area (TPSA) is 123 Å². The smallest absolute Gasteiger partial charge is 0.264 e. The summed E-state index contributed by atoms with van der Waals surface area (Å²) >= 11 is 0. The van der Waals surface area contributed by atoms with E-state index in [-0.39, 0.29) is 24.0 Å². The predicted octanol–water partition coefficient (Wildman–Crippen LogP) is 6.81. The van der Waals surface area contributed by atoms with Gasteiger partial charge in [0.15, 0.2) is 0 Å². The lowest BCUT2D eigenvalue weighted by Crippen LogP contribution is -2.54. The summed E-state index contributed by atoms with van der Waals surface area (Å²) in [5.74, 6) is -2.08. The molecule has 10 nitrogen and oxygen atoms in total. The van der Waals surface area contributed by atoms with E-state index in [2.05, 4.69) is 17.6 Å². The van der Waals surface area contributed by atoms with Gasteiger partial charge in [-0.15, -0.1) is 0 Å². The van der Waals surface area contributed by atoms with Crippen LogP contribution in [0.2, 0.25) is 0 Å². The number of hydrogen-bond donors (Lipinski definition) is 2. The molecule has 264 valence electrons. The lowest BCUT2D eigenvalue weighted by Gasteiger charge is -2.27. The van der Waals surface area contributed by atoms with Gasteiger partial charge in [0.1, 0.15) is 6.04 Å². The van der Waals surface area contributed by atoms with E-state index < -0.39 is 29.7 Å². The zero-order chi connectivity index (χ0) is 33.5. The molecular weight excluding hydrogens is 598 g/mol. The Kier molecular flexibility index (Phi) is 19.3. The second-order valence-electron chi connectivity index (χ2n) is 12.7. The van der Waals surface area contributed by atoms with Crippen molar-refractivity contribution >= 4 is 29.3 Å². The molecule has 0 radical (unpaired) electrons. The number of unbranched alkanes of at least 4 members (excludes halogenated alkanes) is 15. The van der Waals surface area contributed by atoms with Gasteiger partial charge in [-0.2, -0.15) is 0 Å². The number of fused-ring (bicyclic) bond motifs is 1. The van der Waals surface area contributed by atoms with Crippen molar-refractivity contribution in [1.82, 2.24) is 10.2 Å². The van der Waals surface area contributed by atoms with Gasteiger partial charge in [0.2, 0.25) is 11.8 Å². The van der Waals surface area contributed by atoms with Crippen molar-refractivity contribution in [1.29, 1.82) is 0 Å². The highest BCUT2D eigenvalue weighted by atomic mass is 16.5. The summed E-state index contributed by atoms with van der Waals surface area (Å²) in [6, 6.07) is 4.00. The fourth-order valence-corrected chi connectivity index (χ4v) is 6.21. The minimum Gasteiger partial charge on any atom is -0.382 e. The lowest BCUT2D eigenvalue weighted by atomic mass is 10.0. The maximum atomic E-state index is 13.1. The third-order valence-corrected chi connectivity index (χ3v) is 8.92. The minimum atomic E-state index is -0.986. The number of carbonyl (C=O) groups is 4. The molecule has 1 atom stereocenters. The molecule has 2 heterocycles. The first kappa shape index (κ1) is 38.6. The average Bonchev–Trinajstić information content (AvgIpc) is 3.32. The van der Waals surface area contributed by atoms with Gasteiger partial charge in [-0.05, 0) is 25.0 Å². The average molecular weight is 658 g/mol. The molecular formula is C37H59N3O7. The van der Waals surface area contributed by atoms with Crippen LogP contribution in [0.4, 0.5) is 5.69 Å². The van der Waals surface area contributed by atoms with Gasteiger partial charge < -0.3 is 19.5 Å². The number of piperidine rings is 1. The van der Waals surface area contributed by atoms with Gasteiger partial charge in [-0.1, -0.05) is 109 Å². The Morgan fingerprint density at radius 1 is 0.681 bits per heavy atom. The fraction of sp³-hybridized carbons (Fsp3) is 0.730. The van der Waals surface area contributed by atoms with Crippen LogP contribution in [0.15, 0.2) is 18.2 Å². The Hall–Kier alpha value is -2.82. The van der Waals surface area contributed by atoms with Crippen LogP contribution in [0.25, 0.3) is 0 Å². The largest absolute Gasteiger partial charge is 0.382 e. The Labute approximate surface area is 282 Å². The number of amides is 4. The second kappa shape index (κ2) is 23.5. The van der Waals surface area contributed by atoms with Crippen LogP contribution in [0.1, 0.15) is 143 Å². The van der Waals surface area contributed by atoms with E-state index in [0.717, 1.165) is 17.9 Å². The number of anilines is 1. The summed E-state index contributed by atoms with van der Waals surface area (Å²) in [5.41, 5.74) is 0.998. The quantitative estimate of drug-likeness (QED) is 0.0744. The van der Waals surface area contributed by atoms with Gasteiger partial charge in [0.05, 0.1) is 44.2 Å². The van der Waals surface area contributed by atoms with Crippen molar-refractivity contribution in [3.05, 3.63) is 29.3 Å². The number of nitrogens with one attached hydrogen (secondary N) is 2. The summed E-state index contributed by atoms with van der Waals surface area (Å²) in [6.07, 6.45) is 22.0. The maximum Gasteiger partial charge on any atom is 0.264 e. The van der Waals surface area contributed by atoms with Crippen molar-refractivity contribution in [3.63, 3.8) is 0 Å². The third kappa shape index (κ3) is 14.1. The van der Waals surface area contributed by atoms with E-state index >= 15 is 0 Å². The van der Waals surface area contributed by atoms with E-state index in [0.29, 0.717) is 45.3 Å². The summed E-state index contributed by atoms with van der Waals surface area (Å²) in [7, 11) is 0. The van der Waals surface area contributed by atoms with Crippen LogP contribution < -0.4 is 10.6 Å². The summed E-state index contributed by atoms with van der Waals surface area (Å²) < 4.78 is 16.9. The first-order chi connectivity index (χ1) is 23.0. The number of ether oxygens (including phenoxy) is 3. The van der Waals surface area contributed by atoms with Crippen molar-refractivity contribution in [3.8, 4) is 0 Å². The lowest BCUT2D eigenvalue weighted by molar-refractivity contribution is -0.136. The number of carbonyl (C=O) groups excluding carboxylic acids is 4. The zero-order valence-electron chi connectivity index (χ0n) is 28.8. The molecule has 1 aromatic rings. The van der Waals surface area contributed by atoms with E-state index in [4.69, 9.17) is 14.2 Å². The summed E-state index contributed by atoms with van der Waals surface area (Å²) in [5, 5.41) is 5.38. The Balaban J connectivity index is 1.09. The third-order valence-electron chi connectivity index (χ3n) is 8.92. The molecule has 2 N–H and O–H groups in total. The van der Waals surface area contributed by atoms with Crippen molar-refractivity contribution in [2.75, 3.05) is 51.5 Å². The van der Waals surface area contributed by atoms with Crippen LogP contribution >= 0.6 is 0 Å². The molecule has 1 unspecified atom stereocenters. The SMILES string of the molecule is CCCCCCCCCCCCCCCCCCOCCOCCOCCNc1cccc2c1C(=O)N(C1CCC(=O)NC1=O)C2=O. The molecule has 3 rings (SSSR count). The molecule has 1 saturated heterocycles. The molecule has 0 bridgehead atoms. The van der Waals surface area contributed by atoms with Crippen molar-refractivity contribution in [2.45, 2.75) is 129 Å². The highest BCUT2D eigenvalue weighted by molar-refractivity contribution is 6.25. The molecule has 1 fully saturated rings. The van der Waals surface area contributed by atoms with Gasteiger partial charge >= 0.3 is 0 Å². The second-order valence-corrected chi connectivity index (χ2v) is 12.7. The van der Waals surface area contributed by atoms with Crippen LogP contribution in [-0.4, -0.2) is 80.8 Å². The van der Waals surface area contributed by atoms with E-state index in [1.54, 1.807) is 18.2 Å². The predicted molar refractivity (Wildman–Crippen MR) is 184 cm³/mol. The van der Waals surface area contributed by atoms with Gasteiger partial charge in [-0.3, -0.25) is 29.4 Å². The highest BCUT2D eigenvalue weighted by Crippen LogP contribution is 2.32. The maximum absolute atomic E-state index is 13.1. The van der Waals surface area contributed by atoms with Crippen LogP contribution in [0.5, 0.6) is 0 Å². The molecule has 1 aromatic carbocycles. The summed E-state index contributed by atoms with van der Waals surface area (Å²) in [6.45, 7) is 5.91. The molecule has 0 saturated carbocycles. The number of benzene rings is 1. The molecule has 0 aliphatic carbocycles. The van der Waals surface area contributed by atoms with E-state index in [9.17, 15) is 19.2 Å². The molecule has 0 spiro atoms. The zero-order valence-corrected chi connectivity index (χ0v) is 28.8. The molecule has 2 aliphatic heterocycles. The fourth-order valence-electron chi connectivity index (χ4n) is 6.21. The standard InChI is InChI=1S/C37H59N3O7/c1-2-3-4-5-6-7-8-9-10-11-12-13-14-15-16-17-24-45-26-28-47-29-27-46-25-23-38-31-20-18-19-30-34(31)37(44)40(36(30)43)32-21-22-33(41)39-35(32)42/h18-20,32,38H,2-17,21-29H2,1H3,(H,39,41,42). The first-order valence-corrected chi connectivity index (χ1v) is 18.4. The molecule has 4 amide bonds. The van der Waals surface area contributed by atoms with Gasteiger partial charge in [0, 0.05) is 25.3 Å². The van der Waals surface area contributed by atoms with Crippen molar-refractivity contribution < 1.29 is 33.4 Å². The van der Waals surface area contributed by atoms with E-state index in [1.807, 2.05) is 0 Å². The molecule has 47 heavy (non-hydrogen) atoms. The summed E-state index contributed by atoms with van der Waals surface area (Å²) in [4.78, 5) is 50.8. The highest BCUT2D eigenvalue weighted by Gasteiger charge is 2.45. The van der Waals surface area contributed by atoms with Crippen LogP contribution in [0, 0.1) is 0 Å². The van der Waals surface area contributed by atoms with Crippen molar-refractivity contribution in [2.24, 2.45) is 0 Å². The Morgan fingerprint density at radius 2 is 1.21 bits per heavy atom. The van der Waals surface area contributed by atoms with Crippen LogP contribution in [0.3, 0.4) is 0 Å². The number of rotatable bonds is 28.